The molecule has 1 aromatic carbocycles. The number of carbonyl (C=O) groups is 1. The molecule has 4 heteroatoms. The SMILES string of the molecule is N#Cc1cccc(CSCCCC(=O)O)c1. The highest BCUT2D eigenvalue weighted by molar-refractivity contribution is 7.98. The summed E-state index contributed by atoms with van der Waals surface area (Å²) < 4.78 is 0. The maximum Gasteiger partial charge on any atom is 0.303 e. The summed E-state index contributed by atoms with van der Waals surface area (Å²) in [4.78, 5) is 10.3. The van der Waals surface area contributed by atoms with Gasteiger partial charge in [-0.25, -0.2) is 0 Å². The zero-order valence-corrected chi connectivity index (χ0v) is 9.67. The molecule has 0 radical (unpaired) electrons. The van der Waals surface area contributed by atoms with Gasteiger partial charge in [0, 0.05) is 12.2 Å². The second-order valence-electron chi connectivity index (χ2n) is 3.36. The third kappa shape index (κ3) is 4.85. The number of thioether (sulfide) groups is 1. The fourth-order valence-corrected chi connectivity index (χ4v) is 2.15. The van der Waals surface area contributed by atoms with E-state index in [-0.39, 0.29) is 6.42 Å². The van der Waals surface area contributed by atoms with Crippen molar-refractivity contribution in [2.75, 3.05) is 5.75 Å². The number of rotatable bonds is 6. The average molecular weight is 235 g/mol. The van der Waals surface area contributed by atoms with Gasteiger partial charge in [-0.15, -0.1) is 0 Å². The Kier molecular flexibility index (Phi) is 5.44. The van der Waals surface area contributed by atoms with Crippen LogP contribution in [-0.2, 0) is 10.5 Å². The molecule has 0 saturated heterocycles. The van der Waals surface area contributed by atoms with Crippen LogP contribution in [0.1, 0.15) is 24.0 Å². The van der Waals surface area contributed by atoms with Crippen molar-refractivity contribution in [3.63, 3.8) is 0 Å². The Hall–Kier alpha value is -1.47. The molecule has 0 amide bonds. The maximum atomic E-state index is 10.3. The van der Waals surface area contributed by atoms with Crippen molar-refractivity contribution in [2.24, 2.45) is 0 Å². The smallest absolute Gasteiger partial charge is 0.303 e. The molecule has 0 bridgehead atoms. The second kappa shape index (κ2) is 6.91. The minimum atomic E-state index is -0.743. The summed E-state index contributed by atoms with van der Waals surface area (Å²) in [7, 11) is 0. The molecule has 0 saturated carbocycles. The number of benzene rings is 1. The lowest BCUT2D eigenvalue weighted by atomic mass is 10.2. The zero-order chi connectivity index (χ0) is 11.8. The molecule has 0 heterocycles. The van der Waals surface area contributed by atoms with Gasteiger partial charge in [0.25, 0.3) is 0 Å². The monoisotopic (exact) mass is 235 g/mol. The lowest BCUT2D eigenvalue weighted by Crippen LogP contribution is -1.95. The molecular formula is C12H13NO2S. The van der Waals surface area contributed by atoms with E-state index in [0.717, 1.165) is 17.1 Å². The number of hydrogen-bond acceptors (Lipinski definition) is 3. The summed E-state index contributed by atoms with van der Waals surface area (Å²) in [6.45, 7) is 0. The van der Waals surface area contributed by atoms with E-state index in [9.17, 15) is 4.79 Å². The van der Waals surface area contributed by atoms with Gasteiger partial charge in [-0.2, -0.15) is 17.0 Å². The summed E-state index contributed by atoms with van der Waals surface area (Å²) in [6, 6.07) is 9.58. The van der Waals surface area contributed by atoms with Gasteiger partial charge < -0.3 is 5.11 Å². The van der Waals surface area contributed by atoms with E-state index in [4.69, 9.17) is 10.4 Å². The lowest BCUT2D eigenvalue weighted by Gasteiger charge is -2.01. The summed E-state index contributed by atoms with van der Waals surface area (Å²) >= 11 is 1.69. The summed E-state index contributed by atoms with van der Waals surface area (Å²) in [5.74, 6) is 0.921. The van der Waals surface area contributed by atoms with Crippen molar-refractivity contribution in [2.45, 2.75) is 18.6 Å². The van der Waals surface area contributed by atoms with Gasteiger partial charge in [0.15, 0.2) is 0 Å². The number of aliphatic carboxylic acids is 1. The molecule has 0 aliphatic carbocycles. The molecule has 0 unspecified atom stereocenters. The molecule has 0 atom stereocenters. The first-order valence-electron chi connectivity index (χ1n) is 5.01. The quantitative estimate of drug-likeness (QED) is 0.770. The van der Waals surface area contributed by atoms with Gasteiger partial charge in [-0.05, 0) is 29.9 Å². The highest BCUT2D eigenvalue weighted by atomic mass is 32.2. The van der Waals surface area contributed by atoms with E-state index in [1.165, 1.54) is 0 Å². The molecule has 84 valence electrons. The topological polar surface area (TPSA) is 61.1 Å². The fraction of sp³-hybridized carbons (Fsp3) is 0.333. The van der Waals surface area contributed by atoms with Gasteiger partial charge in [0.2, 0.25) is 0 Å². The normalized spacial score (nSPS) is 9.69. The van der Waals surface area contributed by atoms with E-state index in [1.807, 2.05) is 18.2 Å². The molecule has 1 N–H and O–H groups in total. The van der Waals surface area contributed by atoms with Gasteiger partial charge in [-0.1, -0.05) is 12.1 Å². The van der Waals surface area contributed by atoms with Crippen LogP contribution in [0.25, 0.3) is 0 Å². The van der Waals surface area contributed by atoms with Crippen LogP contribution >= 0.6 is 11.8 Å². The molecule has 0 aliphatic heterocycles. The molecule has 0 aliphatic rings. The van der Waals surface area contributed by atoms with Crippen molar-refractivity contribution < 1.29 is 9.90 Å². The maximum absolute atomic E-state index is 10.3. The predicted octanol–water partition coefficient (Wildman–Crippen LogP) is 2.66. The Labute approximate surface area is 99.1 Å². The van der Waals surface area contributed by atoms with Crippen LogP contribution in [0.4, 0.5) is 0 Å². The predicted molar refractivity (Wildman–Crippen MR) is 64.2 cm³/mol. The van der Waals surface area contributed by atoms with Crippen LogP contribution in [-0.4, -0.2) is 16.8 Å². The third-order valence-electron chi connectivity index (χ3n) is 2.00. The Morgan fingerprint density at radius 1 is 1.50 bits per heavy atom. The molecule has 0 spiro atoms. The number of hydrogen-bond donors (Lipinski definition) is 1. The van der Waals surface area contributed by atoms with E-state index < -0.39 is 5.97 Å². The number of carboxylic acid groups (broad SMARTS) is 1. The third-order valence-corrected chi connectivity index (χ3v) is 3.12. The molecule has 3 nitrogen and oxygen atoms in total. The Morgan fingerprint density at radius 2 is 2.31 bits per heavy atom. The van der Waals surface area contributed by atoms with E-state index in [2.05, 4.69) is 6.07 Å². The highest BCUT2D eigenvalue weighted by Crippen LogP contribution is 2.14. The van der Waals surface area contributed by atoms with Crippen LogP contribution in [0.15, 0.2) is 24.3 Å². The van der Waals surface area contributed by atoms with Gasteiger partial charge in [-0.3, -0.25) is 4.79 Å². The van der Waals surface area contributed by atoms with Crippen molar-refractivity contribution in [3.8, 4) is 6.07 Å². The molecule has 0 aromatic heterocycles. The fourth-order valence-electron chi connectivity index (χ4n) is 1.25. The first kappa shape index (κ1) is 12.6. The molecule has 16 heavy (non-hydrogen) atoms. The van der Waals surface area contributed by atoms with Gasteiger partial charge in [0.1, 0.15) is 0 Å². The van der Waals surface area contributed by atoms with Gasteiger partial charge >= 0.3 is 5.97 Å². The molecule has 0 fully saturated rings. The van der Waals surface area contributed by atoms with Crippen LogP contribution in [0.2, 0.25) is 0 Å². The number of nitriles is 1. The minimum Gasteiger partial charge on any atom is -0.481 e. The Morgan fingerprint density at radius 3 is 3.00 bits per heavy atom. The van der Waals surface area contributed by atoms with Crippen molar-refractivity contribution in [1.29, 1.82) is 5.26 Å². The van der Waals surface area contributed by atoms with Crippen LogP contribution in [0.3, 0.4) is 0 Å². The van der Waals surface area contributed by atoms with Crippen LogP contribution in [0, 0.1) is 11.3 Å². The largest absolute Gasteiger partial charge is 0.481 e. The summed E-state index contributed by atoms with van der Waals surface area (Å²) in [5, 5.41) is 17.2. The highest BCUT2D eigenvalue weighted by Gasteiger charge is 1.98. The lowest BCUT2D eigenvalue weighted by molar-refractivity contribution is -0.137. The molecular weight excluding hydrogens is 222 g/mol. The van der Waals surface area contributed by atoms with E-state index >= 15 is 0 Å². The van der Waals surface area contributed by atoms with E-state index in [0.29, 0.717) is 12.0 Å². The minimum absolute atomic E-state index is 0.227. The zero-order valence-electron chi connectivity index (χ0n) is 8.85. The number of nitrogens with zero attached hydrogens (tertiary/aromatic N) is 1. The van der Waals surface area contributed by atoms with Gasteiger partial charge in [0.05, 0.1) is 11.6 Å². The first-order valence-corrected chi connectivity index (χ1v) is 6.16. The molecule has 1 aromatic rings. The van der Waals surface area contributed by atoms with Crippen molar-refractivity contribution in [3.05, 3.63) is 35.4 Å². The van der Waals surface area contributed by atoms with Crippen LogP contribution < -0.4 is 0 Å². The van der Waals surface area contributed by atoms with E-state index in [1.54, 1.807) is 17.8 Å². The average Bonchev–Trinajstić information content (AvgIpc) is 2.28. The number of carboxylic acids is 1. The summed E-state index contributed by atoms with van der Waals surface area (Å²) in [6.07, 6.45) is 0.920. The van der Waals surface area contributed by atoms with Crippen LogP contribution in [0.5, 0.6) is 0 Å². The van der Waals surface area contributed by atoms with Crippen molar-refractivity contribution >= 4 is 17.7 Å². The summed E-state index contributed by atoms with van der Waals surface area (Å²) in [5.41, 5.74) is 1.78. The first-order chi connectivity index (χ1) is 7.72. The molecule has 1 rings (SSSR count). The standard InChI is InChI=1S/C12H13NO2S/c13-8-10-3-1-4-11(7-10)9-16-6-2-5-12(14)15/h1,3-4,7H,2,5-6,9H2,(H,14,15). The Balaban J connectivity index is 2.27. The van der Waals surface area contributed by atoms with Crippen molar-refractivity contribution in [1.82, 2.24) is 0 Å². The second-order valence-corrected chi connectivity index (χ2v) is 4.47. The Bertz CT molecular complexity index is 398.